The van der Waals surface area contributed by atoms with Gasteiger partial charge in [0, 0.05) is 47.7 Å². The summed E-state index contributed by atoms with van der Waals surface area (Å²) in [5.41, 5.74) is 9.96. The number of nitrogens with one attached hydrogen (secondary N) is 3. The van der Waals surface area contributed by atoms with Crippen molar-refractivity contribution in [3.8, 4) is 16.8 Å². The van der Waals surface area contributed by atoms with Crippen molar-refractivity contribution in [2.75, 3.05) is 16.4 Å². The Labute approximate surface area is 213 Å². The number of anilines is 3. The molecule has 0 bridgehead atoms. The molecule has 5 aromatic rings. The van der Waals surface area contributed by atoms with Crippen LogP contribution in [0, 0.1) is 0 Å². The second kappa shape index (κ2) is 10.6. The van der Waals surface area contributed by atoms with Crippen molar-refractivity contribution in [1.82, 2.24) is 19.7 Å². The fourth-order valence-electron chi connectivity index (χ4n) is 4.01. The molecule has 2 amide bonds. The Hall–Kier alpha value is -5.18. The van der Waals surface area contributed by atoms with Crippen molar-refractivity contribution in [2.24, 2.45) is 0 Å². The number of imidazole rings is 1. The third-order valence-electron chi connectivity index (χ3n) is 5.81. The number of para-hydroxylation sites is 2. The highest BCUT2D eigenvalue weighted by Gasteiger charge is 2.19. The smallest absolute Gasteiger partial charge is 0.258 e. The number of H-pyrrole nitrogens is 1. The molecule has 0 unspecified atom stereocenters. The maximum Gasteiger partial charge on any atom is 0.258 e. The van der Waals surface area contributed by atoms with E-state index >= 15 is 0 Å². The van der Waals surface area contributed by atoms with E-state index in [9.17, 15) is 9.59 Å². The molecule has 0 aliphatic heterocycles. The highest BCUT2D eigenvalue weighted by Crippen LogP contribution is 2.28. The number of hydrogen-bond acceptors (Lipinski definition) is 5. The van der Waals surface area contributed by atoms with Gasteiger partial charge >= 0.3 is 0 Å². The average Bonchev–Trinajstić information content (AvgIpc) is 3.54. The number of aromatic nitrogens is 4. The van der Waals surface area contributed by atoms with E-state index in [0.29, 0.717) is 40.6 Å². The van der Waals surface area contributed by atoms with E-state index in [0.717, 1.165) is 11.4 Å². The van der Waals surface area contributed by atoms with Gasteiger partial charge in [0.1, 0.15) is 0 Å². The molecule has 0 saturated heterocycles. The van der Waals surface area contributed by atoms with Gasteiger partial charge in [0.05, 0.1) is 5.69 Å². The molecule has 9 nitrogen and oxygen atoms in total. The maximum absolute atomic E-state index is 13.4. The normalized spacial score (nSPS) is 10.7. The molecule has 0 spiro atoms. The van der Waals surface area contributed by atoms with E-state index in [1.165, 1.54) is 0 Å². The summed E-state index contributed by atoms with van der Waals surface area (Å²) in [5.74, 6) is 0.205. The number of carbonyl (C=O) groups is 2. The lowest BCUT2D eigenvalue weighted by Crippen LogP contribution is -2.16. The lowest BCUT2D eigenvalue weighted by atomic mass is 10.0. The first-order chi connectivity index (χ1) is 18.1. The number of nitrogens with two attached hydrogens (primary N) is 1. The minimum absolute atomic E-state index is 0.113. The lowest BCUT2D eigenvalue weighted by molar-refractivity contribution is -0.116. The zero-order valence-corrected chi connectivity index (χ0v) is 19.9. The van der Waals surface area contributed by atoms with E-state index < -0.39 is 0 Å². The second-order valence-corrected chi connectivity index (χ2v) is 8.36. The van der Waals surface area contributed by atoms with Crippen molar-refractivity contribution < 1.29 is 9.59 Å². The Bertz CT molecular complexity index is 1520. The van der Waals surface area contributed by atoms with Gasteiger partial charge in [0.15, 0.2) is 5.82 Å². The number of amides is 2. The lowest BCUT2D eigenvalue weighted by Gasteiger charge is -2.11. The van der Waals surface area contributed by atoms with Crippen LogP contribution in [0.2, 0.25) is 0 Å². The molecule has 0 aliphatic rings. The minimum atomic E-state index is -0.340. The number of aryl methyl sites for hydroxylation is 1. The third kappa shape index (κ3) is 5.40. The van der Waals surface area contributed by atoms with Crippen LogP contribution in [0.5, 0.6) is 0 Å². The molecule has 3 aromatic carbocycles. The van der Waals surface area contributed by atoms with E-state index in [1.807, 2.05) is 79.0 Å². The Morgan fingerprint density at radius 3 is 2.30 bits per heavy atom. The van der Waals surface area contributed by atoms with Gasteiger partial charge < -0.3 is 11.1 Å². The van der Waals surface area contributed by atoms with Crippen molar-refractivity contribution in [3.63, 3.8) is 0 Å². The zero-order valence-electron chi connectivity index (χ0n) is 19.9. The summed E-state index contributed by atoms with van der Waals surface area (Å²) < 4.78 is 1.80. The highest BCUT2D eigenvalue weighted by molar-refractivity contribution is 6.08. The number of rotatable bonds is 8. The molecule has 0 radical (unpaired) electrons. The summed E-state index contributed by atoms with van der Waals surface area (Å²) in [7, 11) is 0. The predicted octanol–water partition coefficient (Wildman–Crippen LogP) is 4.67. The van der Waals surface area contributed by atoms with Gasteiger partial charge in [-0.2, -0.15) is 5.10 Å². The molecule has 0 fully saturated rings. The first kappa shape index (κ1) is 23.6. The van der Waals surface area contributed by atoms with Crippen LogP contribution in [0.25, 0.3) is 16.8 Å². The van der Waals surface area contributed by atoms with Crippen LogP contribution in [0.15, 0.2) is 97.3 Å². The first-order valence-electron chi connectivity index (χ1n) is 11.8. The Morgan fingerprint density at radius 1 is 0.865 bits per heavy atom. The number of aromatic amines is 1. The van der Waals surface area contributed by atoms with Crippen LogP contribution in [0.4, 0.5) is 17.5 Å². The number of carbonyl (C=O) groups excluding carboxylic acids is 2. The van der Waals surface area contributed by atoms with E-state index in [2.05, 4.69) is 25.8 Å². The van der Waals surface area contributed by atoms with Gasteiger partial charge in [-0.1, -0.05) is 54.6 Å². The van der Waals surface area contributed by atoms with Gasteiger partial charge in [0.2, 0.25) is 11.9 Å². The summed E-state index contributed by atoms with van der Waals surface area (Å²) in [5, 5.41) is 12.5. The summed E-state index contributed by atoms with van der Waals surface area (Å²) >= 11 is 0. The summed E-state index contributed by atoms with van der Waals surface area (Å²) in [6.45, 7) is 0. The van der Waals surface area contributed by atoms with Crippen LogP contribution in [0.3, 0.4) is 0 Å². The highest BCUT2D eigenvalue weighted by atomic mass is 16.2. The van der Waals surface area contributed by atoms with Crippen molar-refractivity contribution >= 4 is 29.3 Å². The fourth-order valence-corrected chi connectivity index (χ4v) is 4.01. The van der Waals surface area contributed by atoms with Crippen LogP contribution >= 0.6 is 0 Å². The molecule has 0 atom stereocenters. The molecule has 5 N–H and O–H groups in total. The van der Waals surface area contributed by atoms with Gasteiger partial charge in [0.25, 0.3) is 5.91 Å². The summed E-state index contributed by atoms with van der Waals surface area (Å²) in [4.78, 5) is 30.5. The summed E-state index contributed by atoms with van der Waals surface area (Å²) in [6, 6.07) is 26.0. The van der Waals surface area contributed by atoms with E-state index in [1.54, 1.807) is 22.9 Å². The maximum atomic E-state index is 13.4. The standard InChI is InChI=1S/C28H25N7O2/c29-26-24(17-30-34-26)22-13-7-8-14-23(22)27(37)33-28-32-20(18-35(28)21-11-5-2-6-12-21)15-16-25(36)31-19-9-3-1-4-10-19/h1-14,17-18H,15-16H2,(H,31,36)(H3,29,30,34)(H,32,33,37). The molecule has 37 heavy (non-hydrogen) atoms. The molecule has 2 heterocycles. The number of benzene rings is 3. The molecular weight excluding hydrogens is 466 g/mol. The Kier molecular flexibility index (Phi) is 6.76. The molecule has 9 heteroatoms. The quantitative estimate of drug-likeness (QED) is 0.251. The van der Waals surface area contributed by atoms with Gasteiger partial charge in [-0.05, 0) is 35.9 Å². The molecular formula is C28H25N7O2. The predicted molar refractivity (Wildman–Crippen MR) is 143 cm³/mol. The fraction of sp³-hybridized carbons (Fsp3) is 0.0714. The SMILES string of the molecule is Nc1n[nH]cc1-c1ccccc1C(=O)Nc1nc(CCC(=O)Nc2ccccc2)cn1-c1ccccc1. The first-order valence-corrected chi connectivity index (χ1v) is 11.8. The van der Waals surface area contributed by atoms with Gasteiger partial charge in [-0.25, -0.2) is 4.98 Å². The molecule has 0 saturated carbocycles. The van der Waals surface area contributed by atoms with Crippen LogP contribution < -0.4 is 16.4 Å². The van der Waals surface area contributed by atoms with Crippen molar-refractivity contribution in [1.29, 1.82) is 0 Å². The zero-order chi connectivity index (χ0) is 25.6. The molecule has 2 aromatic heterocycles. The third-order valence-corrected chi connectivity index (χ3v) is 5.81. The largest absolute Gasteiger partial charge is 0.382 e. The Balaban J connectivity index is 1.39. The van der Waals surface area contributed by atoms with Gasteiger partial charge in [-0.3, -0.25) is 24.6 Å². The van der Waals surface area contributed by atoms with Crippen LogP contribution in [-0.2, 0) is 11.2 Å². The van der Waals surface area contributed by atoms with E-state index in [-0.39, 0.29) is 18.2 Å². The number of nitrogens with zero attached hydrogens (tertiary/aromatic N) is 3. The second-order valence-electron chi connectivity index (χ2n) is 8.36. The summed E-state index contributed by atoms with van der Waals surface area (Å²) in [6.07, 6.45) is 4.14. The van der Waals surface area contributed by atoms with Crippen molar-refractivity contribution in [3.05, 3.63) is 109 Å². The van der Waals surface area contributed by atoms with Crippen LogP contribution in [-0.4, -0.2) is 31.6 Å². The monoisotopic (exact) mass is 491 g/mol. The number of hydrogen-bond donors (Lipinski definition) is 4. The van der Waals surface area contributed by atoms with Crippen molar-refractivity contribution in [2.45, 2.75) is 12.8 Å². The topological polar surface area (TPSA) is 131 Å². The number of nitrogen functional groups attached to an aromatic ring is 1. The molecule has 0 aliphatic carbocycles. The molecule has 5 rings (SSSR count). The average molecular weight is 492 g/mol. The Morgan fingerprint density at radius 2 is 1.57 bits per heavy atom. The van der Waals surface area contributed by atoms with Gasteiger partial charge in [-0.15, -0.1) is 0 Å². The van der Waals surface area contributed by atoms with Crippen LogP contribution in [0.1, 0.15) is 22.5 Å². The minimum Gasteiger partial charge on any atom is -0.382 e. The van der Waals surface area contributed by atoms with E-state index in [4.69, 9.17) is 5.73 Å². The molecule has 184 valence electrons.